The van der Waals surface area contributed by atoms with Crippen LogP contribution in [0.25, 0.3) is 11.3 Å². The molecule has 1 heterocycles. The van der Waals surface area contributed by atoms with Crippen LogP contribution in [0.4, 0.5) is 13.8 Å². The van der Waals surface area contributed by atoms with Crippen molar-refractivity contribution in [3.8, 4) is 17.0 Å². The molecule has 0 fully saturated rings. The highest BCUT2D eigenvalue weighted by Crippen LogP contribution is 2.36. The van der Waals surface area contributed by atoms with E-state index in [-0.39, 0.29) is 5.75 Å². The van der Waals surface area contributed by atoms with Crippen LogP contribution in [-0.2, 0) is 6.42 Å². The van der Waals surface area contributed by atoms with E-state index in [9.17, 15) is 8.78 Å². The van der Waals surface area contributed by atoms with Crippen molar-refractivity contribution in [2.24, 2.45) is 0 Å². The molecule has 0 bridgehead atoms. The van der Waals surface area contributed by atoms with Gasteiger partial charge in [-0.15, -0.1) is 11.3 Å². The molecular weight excluding hydrogens is 258 g/mol. The number of thiazole rings is 1. The molecule has 1 aromatic carbocycles. The predicted molar refractivity (Wildman–Crippen MR) is 68.0 cm³/mol. The lowest BCUT2D eigenvalue weighted by molar-refractivity contribution is -0.0494. The van der Waals surface area contributed by atoms with Crippen molar-refractivity contribution in [1.29, 1.82) is 0 Å². The van der Waals surface area contributed by atoms with Crippen LogP contribution in [0.1, 0.15) is 11.9 Å². The van der Waals surface area contributed by atoms with E-state index in [4.69, 9.17) is 5.73 Å². The first kappa shape index (κ1) is 12.8. The van der Waals surface area contributed by atoms with Crippen molar-refractivity contribution in [1.82, 2.24) is 4.98 Å². The molecule has 0 saturated carbocycles. The number of aryl methyl sites for hydroxylation is 1. The average molecular weight is 270 g/mol. The number of nitrogens with two attached hydrogens (primary N) is 1. The van der Waals surface area contributed by atoms with E-state index in [2.05, 4.69) is 9.72 Å². The van der Waals surface area contributed by atoms with Crippen molar-refractivity contribution in [3.63, 3.8) is 0 Å². The molecular formula is C12H12F2N2OS. The molecule has 0 aliphatic carbocycles. The van der Waals surface area contributed by atoms with Crippen LogP contribution >= 0.6 is 11.3 Å². The maximum Gasteiger partial charge on any atom is 0.387 e. The Balaban J connectivity index is 2.46. The minimum absolute atomic E-state index is 0.0900. The summed E-state index contributed by atoms with van der Waals surface area (Å²) in [5.74, 6) is 0.0900. The van der Waals surface area contributed by atoms with Crippen LogP contribution in [-0.4, -0.2) is 11.6 Å². The number of halogens is 2. The van der Waals surface area contributed by atoms with Crippen molar-refractivity contribution in [2.45, 2.75) is 20.0 Å². The minimum atomic E-state index is -2.86. The monoisotopic (exact) mass is 270 g/mol. The molecule has 0 saturated heterocycles. The number of alkyl halides is 2. The lowest BCUT2D eigenvalue weighted by Crippen LogP contribution is -2.03. The lowest BCUT2D eigenvalue weighted by Gasteiger charge is -2.09. The van der Waals surface area contributed by atoms with Gasteiger partial charge in [0.25, 0.3) is 0 Å². The quantitative estimate of drug-likeness (QED) is 0.924. The number of nitrogen functional groups attached to an aromatic ring is 1. The molecule has 3 nitrogen and oxygen atoms in total. The molecule has 96 valence electrons. The first-order chi connectivity index (χ1) is 8.61. The van der Waals surface area contributed by atoms with Gasteiger partial charge >= 0.3 is 6.61 Å². The number of hydrogen-bond donors (Lipinski definition) is 1. The normalized spacial score (nSPS) is 10.9. The van der Waals surface area contributed by atoms with Crippen LogP contribution in [0, 0.1) is 0 Å². The Morgan fingerprint density at radius 3 is 2.72 bits per heavy atom. The van der Waals surface area contributed by atoms with Crippen LogP contribution in [0.2, 0.25) is 0 Å². The van der Waals surface area contributed by atoms with Crippen LogP contribution < -0.4 is 10.5 Å². The minimum Gasteiger partial charge on any atom is -0.434 e. The molecule has 2 aromatic rings. The van der Waals surface area contributed by atoms with Gasteiger partial charge in [-0.2, -0.15) is 8.78 Å². The summed E-state index contributed by atoms with van der Waals surface area (Å²) in [6.45, 7) is -0.902. The van der Waals surface area contributed by atoms with Gasteiger partial charge < -0.3 is 10.5 Å². The second kappa shape index (κ2) is 5.30. The van der Waals surface area contributed by atoms with Gasteiger partial charge in [0.2, 0.25) is 0 Å². The first-order valence-electron chi connectivity index (χ1n) is 5.41. The zero-order valence-electron chi connectivity index (χ0n) is 9.69. The smallest absolute Gasteiger partial charge is 0.387 e. The number of ether oxygens (including phenoxy) is 1. The Morgan fingerprint density at radius 1 is 1.39 bits per heavy atom. The SMILES string of the molecule is CCc1nc(-c2ccccc2OC(F)F)c(N)s1. The summed E-state index contributed by atoms with van der Waals surface area (Å²) in [6.07, 6.45) is 0.757. The average Bonchev–Trinajstić information content (AvgIpc) is 2.70. The first-order valence-corrected chi connectivity index (χ1v) is 6.22. The van der Waals surface area contributed by atoms with E-state index in [1.807, 2.05) is 6.92 Å². The summed E-state index contributed by atoms with van der Waals surface area (Å²) in [5.41, 5.74) is 6.86. The Kier molecular flexibility index (Phi) is 3.76. The molecule has 6 heteroatoms. The molecule has 0 aliphatic rings. The summed E-state index contributed by atoms with van der Waals surface area (Å²) < 4.78 is 29.1. The zero-order chi connectivity index (χ0) is 13.1. The van der Waals surface area contributed by atoms with Crippen molar-refractivity contribution >= 4 is 16.3 Å². The van der Waals surface area contributed by atoms with E-state index >= 15 is 0 Å². The third kappa shape index (κ3) is 2.59. The van der Waals surface area contributed by atoms with E-state index in [0.29, 0.717) is 16.3 Å². The third-order valence-corrected chi connectivity index (χ3v) is 3.39. The summed E-state index contributed by atoms with van der Waals surface area (Å²) >= 11 is 1.36. The predicted octanol–water partition coefficient (Wildman–Crippen LogP) is 3.56. The third-order valence-electron chi connectivity index (χ3n) is 2.36. The number of anilines is 1. The molecule has 1 aromatic heterocycles. The molecule has 0 atom stereocenters. The van der Waals surface area contributed by atoms with Gasteiger partial charge in [-0.05, 0) is 18.6 Å². The second-order valence-electron chi connectivity index (χ2n) is 3.55. The fraction of sp³-hybridized carbons (Fsp3) is 0.250. The molecule has 0 unspecified atom stereocenters. The van der Waals surface area contributed by atoms with Crippen molar-refractivity contribution < 1.29 is 13.5 Å². The second-order valence-corrected chi connectivity index (χ2v) is 4.66. The maximum atomic E-state index is 12.3. The molecule has 0 spiro atoms. The van der Waals surface area contributed by atoms with Gasteiger partial charge in [-0.3, -0.25) is 0 Å². The number of para-hydroxylation sites is 1. The van der Waals surface area contributed by atoms with Crippen molar-refractivity contribution in [2.75, 3.05) is 5.73 Å². The highest BCUT2D eigenvalue weighted by Gasteiger charge is 2.16. The number of rotatable bonds is 4. The van der Waals surface area contributed by atoms with E-state index < -0.39 is 6.61 Å². The fourth-order valence-electron chi connectivity index (χ4n) is 1.58. The summed E-state index contributed by atoms with van der Waals surface area (Å²) in [7, 11) is 0. The molecule has 0 radical (unpaired) electrons. The van der Waals surface area contributed by atoms with Gasteiger partial charge in [0.15, 0.2) is 0 Å². The summed E-state index contributed by atoms with van der Waals surface area (Å²) in [4.78, 5) is 4.34. The van der Waals surface area contributed by atoms with E-state index in [1.54, 1.807) is 18.2 Å². The van der Waals surface area contributed by atoms with Gasteiger partial charge in [-0.1, -0.05) is 19.1 Å². The number of aromatic nitrogens is 1. The van der Waals surface area contributed by atoms with Crippen LogP contribution in [0.5, 0.6) is 5.75 Å². The van der Waals surface area contributed by atoms with Gasteiger partial charge in [0, 0.05) is 5.56 Å². The standard InChI is InChI=1S/C12H12F2N2OS/c1-2-9-16-10(11(15)18-9)7-5-3-4-6-8(7)17-12(13)14/h3-6,12H,2,15H2,1H3. The molecule has 2 rings (SSSR count). The van der Waals surface area contributed by atoms with E-state index in [0.717, 1.165) is 11.4 Å². The maximum absolute atomic E-state index is 12.3. The van der Waals surface area contributed by atoms with Crippen molar-refractivity contribution in [3.05, 3.63) is 29.3 Å². The zero-order valence-corrected chi connectivity index (χ0v) is 10.5. The molecule has 0 aliphatic heterocycles. The van der Waals surface area contributed by atoms with Crippen LogP contribution in [0.3, 0.4) is 0 Å². The van der Waals surface area contributed by atoms with Gasteiger partial charge in [0.1, 0.15) is 16.4 Å². The Hall–Kier alpha value is -1.69. The Labute approximate surface area is 107 Å². The number of benzene rings is 1. The summed E-state index contributed by atoms with van der Waals surface area (Å²) in [6, 6.07) is 6.51. The fourth-order valence-corrected chi connectivity index (χ4v) is 2.37. The molecule has 0 amide bonds. The number of hydrogen-bond acceptors (Lipinski definition) is 4. The van der Waals surface area contributed by atoms with Gasteiger partial charge in [0.05, 0.1) is 5.01 Å². The summed E-state index contributed by atoms with van der Waals surface area (Å²) in [5, 5.41) is 1.38. The Bertz CT molecular complexity index is 543. The lowest BCUT2D eigenvalue weighted by atomic mass is 10.1. The van der Waals surface area contributed by atoms with E-state index in [1.165, 1.54) is 17.4 Å². The molecule has 18 heavy (non-hydrogen) atoms. The largest absolute Gasteiger partial charge is 0.434 e. The van der Waals surface area contributed by atoms with Crippen LogP contribution in [0.15, 0.2) is 24.3 Å². The van der Waals surface area contributed by atoms with Gasteiger partial charge in [-0.25, -0.2) is 4.98 Å². The topological polar surface area (TPSA) is 48.1 Å². The highest BCUT2D eigenvalue weighted by atomic mass is 32.1. The Morgan fingerprint density at radius 2 is 2.11 bits per heavy atom. The number of nitrogens with zero attached hydrogens (tertiary/aromatic N) is 1. The highest BCUT2D eigenvalue weighted by molar-refractivity contribution is 7.16. The molecule has 2 N–H and O–H groups in total.